The van der Waals surface area contributed by atoms with Crippen molar-refractivity contribution in [2.24, 2.45) is 0 Å². The zero-order valence-corrected chi connectivity index (χ0v) is 17.1. The van der Waals surface area contributed by atoms with Crippen LogP contribution in [0.3, 0.4) is 0 Å². The number of methoxy groups -OCH3 is 2. The molecule has 0 radical (unpaired) electrons. The number of hydrogen-bond acceptors (Lipinski definition) is 7. The van der Waals surface area contributed by atoms with Crippen LogP contribution < -0.4 is 14.8 Å². The molecule has 1 atom stereocenters. The molecule has 2 aromatic rings. The number of carbonyl (C=O) groups is 1. The summed E-state index contributed by atoms with van der Waals surface area (Å²) < 4.78 is 10.8. The lowest BCUT2D eigenvalue weighted by molar-refractivity contribution is -0.157. The number of hydrogen-bond donors (Lipinski definition) is 2. The molecule has 1 aromatic heterocycles. The Morgan fingerprint density at radius 2 is 2.07 bits per heavy atom. The molecule has 1 aliphatic rings. The van der Waals surface area contributed by atoms with E-state index in [0.29, 0.717) is 37.6 Å². The Labute approximate surface area is 170 Å². The maximum atomic E-state index is 13.0. The summed E-state index contributed by atoms with van der Waals surface area (Å²) in [4.78, 5) is 23.2. The minimum atomic E-state index is -1.44. The van der Waals surface area contributed by atoms with Crippen LogP contribution in [0, 0.1) is 6.92 Å². The van der Waals surface area contributed by atoms with E-state index >= 15 is 0 Å². The fraction of sp³-hybridized carbons (Fsp3) is 0.476. The van der Waals surface area contributed by atoms with E-state index in [2.05, 4.69) is 15.3 Å². The van der Waals surface area contributed by atoms with Crippen molar-refractivity contribution in [3.8, 4) is 11.5 Å². The van der Waals surface area contributed by atoms with Gasteiger partial charge in [-0.05, 0) is 25.8 Å². The van der Waals surface area contributed by atoms with Gasteiger partial charge in [0.05, 0.1) is 25.6 Å². The molecule has 0 spiro atoms. The Morgan fingerprint density at radius 3 is 2.76 bits per heavy atom. The third kappa shape index (κ3) is 4.83. The maximum absolute atomic E-state index is 13.0. The number of aliphatic hydroxyl groups is 1. The highest BCUT2D eigenvalue weighted by Crippen LogP contribution is 2.33. The highest BCUT2D eigenvalue weighted by molar-refractivity contribution is 5.86. The van der Waals surface area contributed by atoms with Gasteiger partial charge in [-0.3, -0.25) is 14.8 Å². The average molecular weight is 400 g/mol. The summed E-state index contributed by atoms with van der Waals surface area (Å²) in [5.41, 5.74) is 1.01. The summed E-state index contributed by atoms with van der Waals surface area (Å²) in [5.74, 6) is 0.940. The van der Waals surface area contributed by atoms with E-state index in [1.807, 2.05) is 25.1 Å². The molecule has 0 saturated carbocycles. The highest BCUT2D eigenvalue weighted by Gasteiger charge is 2.42. The molecule has 8 nitrogen and oxygen atoms in total. The predicted octanol–water partition coefficient (Wildman–Crippen LogP) is 1.45. The van der Waals surface area contributed by atoms with Gasteiger partial charge in [-0.25, -0.2) is 0 Å². The molecular formula is C21H28N4O4. The first-order valence-electron chi connectivity index (χ1n) is 9.66. The second kappa shape index (κ2) is 9.19. The number of likely N-dealkylation sites (tertiary alicyclic amines) is 1. The number of ether oxygens (including phenoxy) is 2. The first kappa shape index (κ1) is 21.0. The van der Waals surface area contributed by atoms with Crippen LogP contribution in [0.5, 0.6) is 11.5 Å². The smallest absolute Gasteiger partial charge is 0.256 e. The summed E-state index contributed by atoms with van der Waals surface area (Å²) in [5, 5.41) is 14.1. The van der Waals surface area contributed by atoms with Gasteiger partial charge < -0.3 is 24.8 Å². The van der Waals surface area contributed by atoms with Gasteiger partial charge in [0.1, 0.15) is 0 Å². The molecule has 1 saturated heterocycles. The Bertz CT molecular complexity index is 843. The molecule has 1 aliphatic heterocycles. The van der Waals surface area contributed by atoms with Gasteiger partial charge in [0.2, 0.25) is 0 Å². The zero-order chi connectivity index (χ0) is 20.9. The van der Waals surface area contributed by atoms with Crippen LogP contribution in [0.15, 0.2) is 30.6 Å². The fourth-order valence-corrected chi connectivity index (χ4v) is 3.57. The van der Waals surface area contributed by atoms with Gasteiger partial charge in [-0.15, -0.1) is 0 Å². The number of amides is 1. The molecule has 8 heteroatoms. The maximum Gasteiger partial charge on any atom is 0.256 e. The van der Waals surface area contributed by atoms with Gasteiger partial charge in [0.15, 0.2) is 17.1 Å². The van der Waals surface area contributed by atoms with Gasteiger partial charge in [0.25, 0.3) is 5.91 Å². The largest absolute Gasteiger partial charge is 0.493 e. The minimum Gasteiger partial charge on any atom is -0.493 e. The minimum absolute atomic E-state index is 0.160. The number of benzene rings is 1. The van der Waals surface area contributed by atoms with E-state index in [9.17, 15) is 9.90 Å². The third-order valence-corrected chi connectivity index (χ3v) is 5.11. The number of nitrogens with zero attached hydrogens (tertiary/aromatic N) is 3. The summed E-state index contributed by atoms with van der Waals surface area (Å²) in [6.07, 6.45) is 4.53. The van der Waals surface area contributed by atoms with Crippen molar-refractivity contribution in [2.75, 3.05) is 27.3 Å². The summed E-state index contributed by atoms with van der Waals surface area (Å²) in [7, 11) is 3.16. The van der Waals surface area contributed by atoms with Crippen LogP contribution in [0.4, 0.5) is 0 Å². The number of rotatable bonds is 8. The topological polar surface area (TPSA) is 96.8 Å². The summed E-state index contributed by atoms with van der Waals surface area (Å²) >= 11 is 0. The zero-order valence-electron chi connectivity index (χ0n) is 17.1. The monoisotopic (exact) mass is 400 g/mol. The third-order valence-electron chi connectivity index (χ3n) is 5.11. The van der Waals surface area contributed by atoms with Crippen molar-refractivity contribution in [1.82, 2.24) is 20.2 Å². The summed E-state index contributed by atoms with van der Waals surface area (Å²) in [6.45, 7) is 3.41. The molecule has 0 bridgehead atoms. The Balaban J connectivity index is 1.65. The van der Waals surface area contributed by atoms with E-state index in [-0.39, 0.29) is 12.5 Å². The lowest BCUT2D eigenvalue weighted by Crippen LogP contribution is -2.57. The van der Waals surface area contributed by atoms with Gasteiger partial charge >= 0.3 is 0 Å². The van der Waals surface area contributed by atoms with E-state index in [1.54, 1.807) is 31.5 Å². The van der Waals surface area contributed by atoms with Crippen LogP contribution in [0.2, 0.25) is 0 Å². The molecule has 1 fully saturated rings. The molecule has 2 heterocycles. The highest BCUT2D eigenvalue weighted by atomic mass is 16.5. The number of carbonyl (C=O) groups excluding carboxylic acids is 1. The molecular weight excluding hydrogens is 372 g/mol. The SMILES string of the molecule is COc1cccc(CN2CCC[C@](O)(CNCc3cnc(C)cn3)C2=O)c1OC. The second-order valence-electron chi connectivity index (χ2n) is 7.27. The number of para-hydroxylation sites is 1. The van der Waals surface area contributed by atoms with E-state index in [1.165, 1.54) is 0 Å². The van der Waals surface area contributed by atoms with Crippen molar-refractivity contribution in [1.29, 1.82) is 0 Å². The molecule has 2 N–H and O–H groups in total. The van der Waals surface area contributed by atoms with Gasteiger partial charge in [0, 0.05) is 44.1 Å². The molecule has 1 aromatic carbocycles. The first-order chi connectivity index (χ1) is 14.0. The number of aromatic nitrogens is 2. The first-order valence-corrected chi connectivity index (χ1v) is 9.66. The fourth-order valence-electron chi connectivity index (χ4n) is 3.57. The Kier molecular flexibility index (Phi) is 6.66. The number of aryl methyl sites for hydroxylation is 1. The standard InChI is InChI=1S/C21H28N4O4/c1-15-10-24-17(12-23-15)11-22-14-21(27)8-5-9-25(20(21)26)13-16-6-4-7-18(28-2)19(16)29-3/h4,6-7,10,12,22,27H,5,8-9,11,13-14H2,1-3H3/t21-/m0/s1. The molecule has 1 amide bonds. The predicted molar refractivity (Wildman–Crippen MR) is 108 cm³/mol. The molecule has 156 valence electrons. The van der Waals surface area contributed by atoms with Crippen molar-refractivity contribution in [3.05, 3.63) is 47.5 Å². The Morgan fingerprint density at radius 1 is 1.24 bits per heavy atom. The van der Waals surface area contributed by atoms with Gasteiger partial charge in [-0.2, -0.15) is 0 Å². The molecule has 29 heavy (non-hydrogen) atoms. The lowest BCUT2D eigenvalue weighted by Gasteiger charge is -2.38. The van der Waals surface area contributed by atoms with Crippen LogP contribution >= 0.6 is 0 Å². The van der Waals surface area contributed by atoms with Crippen molar-refractivity contribution < 1.29 is 19.4 Å². The van der Waals surface area contributed by atoms with E-state index < -0.39 is 5.60 Å². The van der Waals surface area contributed by atoms with Crippen LogP contribution in [-0.4, -0.2) is 58.8 Å². The van der Waals surface area contributed by atoms with Crippen LogP contribution in [-0.2, 0) is 17.9 Å². The van der Waals surface area contributed by atoms with Crippen LogP contribution in [0.25, 0.3) is 0 Å². The average Bonchev–Trinajstić information content (AvgIpc) is 2.73. The number of nitrogens with one attached hydrogen (secondary N) is 1. The van der Waals surface area contributed by atoms with Gasteiger partial charge in [-0.1, -0.05) is 12.1 Å². The van der Waals surface area contributed by atoms with Crippen molar-refractivity contribution in [3.63, 3.8) is 0 Å². The summed E-state index contributed by atoms with van der Waals surface area (Å²) in [6, 6.07) is 5.58. The number of piperidine rings is 1. The Hall–Kier alpha value is -2.71. The lowest BCUT2D eigenvalue weighted by atomic mass is 9.91. The molecule has 0 unspecified atom stereocenters. The van der Waals surface area contributed by atoms with Crippen LogP contribution in [0.1, 0.15) is 29.8 Å². The quantitative estimate of drug-likeness (QED) is 0.692. The van der Waals surface area contributed by atoms with Crippen molar-refractivity contribution in [2.45, 2.75) is 38.5 Å². The van der Waals surface area contributed by atoms with E-state index in [0.717, 1.165) is 23.4 Å². The van der Waals surface area contributed by atoms with E-state index in [4.69, 9.17) is 9.47 Å². The molecule has 3 rings (SSSR count). The van der Waals surface area contributed by atoms with Crippen molar-refractivity contribution >= 4 is 5.91 Å². The second-order valence-corrected chi connectivity index (χ2v) is 7.27. The normalized spacial score (nSPS) is 19.3. The molecule has 0 aliphatic carbocycles.